The Morgan fingerprint density at radius 1 is 0.885 bits per heavy atom. The van der Waals surface area contributed by atoms with E-state index in [0.29, 0.717) is 29.7 Å². The summed E-state index contributed by atoms with van der Waals surface area (Å²) in [6.45, 7) is 2.61. The number of benzene rings is 2. The fourth-order valence-corrected chi connectivity index (χ4v) is 2.82. The number of ether oxygens (including phenoxy) is 4. The summed E-state index contributed by atoms with van der Waals surface area (Å²) in [7, 11) is 0. The van der Waals surface area contributed by atoms with Crippen molar-refractivity contribution in [3.63, 3.8) is 0 Å². The zero-order chi connectivity index (χ0) is 17.9. The number of fused-ring (bicyclic) bond motifs is 2. The van der Waals surface area contributed by atoms with Crippen LogP contribution in [-0.2, 0) is 0 Å². The molecule has 2 heterocycles. The van der Waals surface area contributed by atoms with Crippen LogP contribution in [0, 0.1) is 0 Å². The molecule has 2 atom stereocenters. The molecule has 26 heavy (non-hydrogen) atoms. The Kier molecular flexibility index (Phi) is 4.62. The molecule has 0 radical (unpaired) electrons. The third-order valence-corrected chi connectivity index (χ3v) is 4.47. The van der Waals surface area contributed by atoms with E-state index in [4.69, 9.17) is 31.2 Å². The van der Waals surface area contributed by atoms with Gasteiger partial charge in [0.15, 0.2) is 35.2 Å². The van der Waals surface area contributed by atoms with Gasteiger partial charge in [0.05, 0.1) is 5.71 Å². The van der Waals surface area contributed by atoms with Crippen molar-refractivity contribution in [2.24, 2.45) is 5.10 Å². The van der Waals surface area contributed by atoms with E-state index in [0.717, 1.165) is 17.2 Å². The van der Waals surface area contributed by atoms with Gasteiger partial charge < -0.3 is 18.9 Å². The average molecular weight is 370 g/mol. The van der Waals surface area contributed by atoms with Crippen molar-refractivity contribution < 1.29 is 18.9 Å². The normalized spacial score (nSPS) is 21.0. The lowest BCUT2D eigenvalue weighted by atomic mass is 10.2. The Hall–Kier alpha value is -2.80. The molecule has 2 aliphatic heterocycles. The Morgan fingerprint density at radius 3 is 2.00 bits per heavy atom. The first-order chi connectivity index (χ1) is 12.7. The van der Waals surface area contributed by atoms with Crippen LogP contribution in [-0.4, -0.2) is 36.1 Å². The van der Waals surface area contributed by atoms with E-state index < -0.39 is 0 Å². The molecule has 2 aromatic rings. The molecule has 0 amide bonds. The summed E-state index contributed by atoms with van der Waals surface area (Å²) in [4.78, 5) is 0.455. The highest BCUT2D eigenvalue weighted by molar-refractivity contribution is 7.80. The van der Waals surface area contributed by atoms with E-state index in [2.05, 4.69) is 10.5 Å². The summed E-state index contributed by atoms with van der Waals surface area (Å²) in [5.41, 5.74) is 3.62. The molecule has 2 aliphatic rings. The molecule has 0 aromatic heterocycles. The summed E-state index contributed by atoms with van der Waals surface area (Å²) in [6.07, 6.45) is -0.662. The highest BCUT2D eigenvalue weighted by Gasteiger charge is 2.26. The van der Waals surface area contributed by atoms with Crippen LogP contribution in [0.2, 0.25) is 0 Å². The standard InChI is InChI=1S/C19H18N2O4S/c1-12(17-10-22-13-6-2-4-8-15(13)24-17)20-21-19(26)18-11-23-14-7-3-5-9-16(14)25-18/h2-9,17-18H,10-11H2,1H3,(H,21,26). The van der Waals surface area contributed by atoms with Crippen molar-refractivity contribution >= 4 is 22.9 Å². The first-order valence-electron chi connectivity index (χ1n) is 8.32. The molecule has 0 aliphatic carbocycles. The Morgan fingerprint density at radius 2 is 1.38 bits per heavy atom. The molecular formula is C19H18N2O4S. The van der Waals surface area contributed by atoms with Crippen molar-refractivity contribution in [2.75, 3.05) is 13.2 Å². The molecule has 0 bridgehead atoms. The zero-order valence-corrected chi connectivity index (χ0v) is 15.0. The molecule has 1 N–H and O–H groups in total. The number of hydrogen-bond acceptors (Lipinski definition) is 6. The lowest BCUT2D eigenvalue weighted by Crippen LogP contribution is -2.42. The van der Waals surface area contributed by atoms with Gasteiger partial charge in [-0.05, 0) is 31.2 Å². The number of thiocarbonyl (C=S) groups is 1. The van der Waals surface area contributed by atoms with Crippen LogP contribution in [0.25, 0.3) is 0 Å². The van der Waals surface area contributed by atoms with Crippen molar-refractivity contribution in [3.05, 3.63) is 48.5 Å². The predicted octanol–water partition coefficient (Wildman–Crippen LogP) is 2.96. The highest BCUT2D eigenvalue weighted by atomic mass is 32.1. The van der Waals surface area contributed by atoms with Gasteiger partial charge >= 0.3 is 0 Å². The molecule has 2 unspecified atom stereocenters. The quantitative estimate of drug-likeness (QED) is 0.509. The highest BCUT2D eigenvalue weighted by Crippen LogP contribution is 2.32. The van der Waals surface area contributed by atoms with E-state index in [-0.39, 0.29) is 12.2 Å². The minimum Gasteiger partial charge on any atom is -0.485 e. The maximum atomic E-state index is 5.92. The zero-order valence-electron chi connectivity index (χ0n) is 14.2. The van der Waals surface area contributed by atoms with Gasteiger partial charge in [0.1, 0.15) is 18.2 Å². The molecule has 134 valence electrons. The van der Waals surface area contributed by atoms with Crippen LogP contribution < -0.4 is 24.4 Å². The SMILES string of the molecule is CC(=NNC(=S)C1COc2ccccc2O1)C1COc2ccccc2O1. The molecule has 0 saturated heterocycles. The minimum atomic E-state index is -0.388. The van der Waals surface area contributed by atoms with Gasteiger partial charge in [0.2, 0.25) is 0 Å². The fraction of sp³-hybridized carbons (Fsp3) is 0.263. The Bertz CT molecular complexity index is 855. The van der Waals surface area contributed by atoms with Gasteiger partial charge in [-0.25, -0.2) is 0 Å². The van der Waals surface area contributed by atoms with Crippen LogP contribution in [0.3, 0.4) is 0 Å². The summed E-state index contributed by atoms with van der Waals surface area (Å²) >= 11 is 5.39. The van der Waals surface area contributed by atoms with Crippen LogP contribution in [0.15, 0.2) is 53.6 Å². The largest absolute Gasteiger partial charge is 0.485 e. The topological polar surface area (TPSA) is 61.3 Å². The van der Waals surface area contributed by atoms with E-state index in [9.17, 15) is 0 Å². The summed E-state index contributed by atoms with van der Waals surface area (Å²) in [5.74, 6) is 2.85. The molecule has 2 aromatic carbocycles. The fourth-order valence-electron chi connectivity index (χ4n) is 2.66. The smallest absolute Gasteiger partial charge is 0.184 e. The van der Waals surface area contributed by atoms with Crippen LogP contribution in [0.5, 0.6) is 23.0 Å². The van der Waals surface area contributed by atoms with Gasteiger partial charge in [0.25, 0.3) is 0 Å². The maximum absolute atomic E-state index is 5.92. The number of rotatable bonds is 3. The second-order valence-corrected chi connectivity index (χ2v) is 6.40. The number of hydrogen-bond donors (Lipinski definition) is 1. The van der Waals surface area contributed by atoms with Crippen molar-refractivity contribution in [3.8, 4) is 23.0 Å². The first-order valence-corrected chi connectivity index (χ1v) is 8.72. The van der Waals surface area contributed by atoms with Gasteiger partial charge in [-0.15, -0.1) is 0 Å². The molecule has 0 saturated carbocycles. The monoisotopic (exact) mass is 370 g/mol. The van der Waals surface area contributed by atoms with E-state index in [1.54, 1.807) is 0 Å². The molecular weight excluding hydrogens is 352 g/mol. The first kappa shape index (κ1) is 16.7. The summed E-state index contributed by atoms with van der Waals surface area (Å²) in [6, 6.07) is 15.1. The molecule has 4 rings (SSSR count). The third kappa shape index (κ3) is 3.43. The van der Waals surface area contributed by atoms with Crippen LogP contribution in [0.4, 0.5) is 0 Å². The van der Waals surface area contributed by atoms with E-state index in [1.807, 2.05) is 55.5 Å². The number of para-hydroxylation sites is 4. The molecule has 6 nitrogen and oxygen atoms in total. The van der Waals surface area contributed by atoms with Gasteiger partial charge in [-0.3, -0.25) is 5.43 Å². The summed E-state index contributed by atoms with van der Waals surface area (Å²) < 4.78 is 23.2. The number of nitrogens with one attached hydrogen (secondary N) is 1. The number of hydrazone groups is 1. The number of nitrogens with zero attached hydrogens (tertiary/aromatic N) is 1. The lowest BCUT2D eigenvalue weighted by Gasteiger charge is -2.27. The summed E-state index contributed by atoms with van der Waals surface area (Å²) in [5, 5.41) is 4.34. The van der Waals surface area contributed by atoms with E-state index in [1.165, 1.54) is 0 Å². The van der Waals surface area contributed by atoms with Crippen LogP contribution in [0.1, 0.15) is 6.92 Å². The maximum Gasteiger partial charge on any atom is 0.184 e. The van der Waals surface area contributed by atoms with Gasteiger partial charge in [0, 0.05) is 0 Å². The second kappa shape index (κ2) is 7.21. The Labute approximate surface area is 156 Å². The van der Waals surface area contributed by atoms with Crippen molar-refractivity contribution in [1.29, 1.82) is 0 Å². The molecule has 7 heteroatoms. The van der Waals surface area contributed by atoms with Crippen molar-refractivity contribution in [2.45, 2.75) is 19.1 Å². The predicted molar refractivity (Wildman–Crippen MR) is 102 cm³/mol. The second-order valence-electron chi connectivity index (χ2n) is 5.96. The third-order valence-electron chi connectivity index (χ3n) is 4.12. The Balaban J connectivity index is 1.37. The molecule has 0 spiro atoms. The minimum absolute atomic E-state index is 0.274. The van der Waals surface area contributed by atoms with Gasteiger partial charge in [-0.2, -0.15) is 5.10 Å². The average Bonchev–Trinajstić information content (AvgIpc) is 2.71. The van der Waals surface area contributed by atoms with Gasteiger partial charge in [-0.1, -0.05) is 36.5 Å². The molecule has 0 fully saturated rings. The lowest BCUT2D eigenvalue weighted by molar-refractivity contribution is 0.132. The van der Waals surface area contributed by atoms with E-state index >= 15 is 0 Å². The van der Waals surface area contributed by atoms with Crippen molar-refractivity contribution in [1.82, 2.24) is 5.43 Å². The van der Waals surface area contributed by atoms with Crippen LogP contribution >= 0.6 is 12.2 Å².